The molecule has 3 aliphatic rings. The molecular formula is C25H24NO9. The standard InChI is InChI=1S/C25H24NO9/c1-10(27)25(26)7-13-18(16(8-25)35-17-6-14(28)15(29)9-34-17)24(33)20-19(23(13)32)21(30)11-4-2-3-5-12(11)22(20)31/h2-5,7,14-17,28-29,32-33H,6,8-9,26H2,1H3/t14-,15+,16-,17?,25-/m0/s1. The summed E-state index contributed by atoms with van der Waals surface area (Å²) in [6.45, 7) is 1.05. The van der Waals surface area contributed by atoms with Gasteiger partial charge in [0.05, 0.1) is 35.5 Å². The summed E-state index contributed by atoms with van der Waals surface area (Å²) in [4.78, 5) is 39.0. The van der Waals surface area contributed by atoms with Crippen LogP contribution in [0.15, 0.2) is 24.3 Å². The van der Waals surface area contributed by atoms with E-state index in [1.807, 2.05) is 0 Å². The molecule has 10 nitrogen and oxygen atoms in total. The van der Waals surface area contributed by atoms with Gasteiger partial charge in [-0.25, -0.2) is 0 Å². The van der Waals surface area contributed by atoms with Gasteiger partial charge in [-0.05, 0) is 6.92 Å². The minimum absolute atomic E-state index is 0.0201. The molecule has 6 N–H and O–H groups in total. The molecular weight excluding hydrogens is 458 g/mol. The van der Waals surface area contributed by atoms with Crippen molar-refractivity contribution in [3.05, 3.63) is 64.1 Å². The van der Waals surface area contributed by atoms with Crippen LogP contribution < -0.4 is 5.73 Å². The van der Waals surface area contributed by atoms with Gasteiger partial charge < -0.3 is 35.6 Å². The number of carbonyl (C=O) groups is 3. The number of phenols is 2. The van der Waals surface area contributed by atoms with Crippen molar-refractivity contribution >= 4 is 17.3 Å². The third-order valence-corrected chi connectivity index (χ3v) is 6.94. The molecule has 2 aromatic carbocycles. The van der Waals surface area contributed by atoms with E-state index in [1.54, 1.807) is 12.1 Å². The predicted molar refractivity (Wildman–Crippen MR) is 119 cm³/mol. The lowest BCUT2D eigenvalue weighted by molar-refractivity contribution is -0.237. The lowest BCUT2D eigenvalue weighted by Gasteiger charge is -2.41. The van der Waals surface area contributed by atoms with Gasteiger partial charge in [0.1, 0.15) is 23.4 Å². The number of aliphatic hydroxyl groups excluding tert-OH is 2. The Morgan fingerprint density at radius 1 is 1.06 bits per heavy atom. The SMILES string of the molecule is CC(=O)[C@]1(N)[CH]c2c(O)c3c(c(O)c2[C@@H](OC2C[C@H](O)[C@H](O)CO2)C1)C(=O)c1ccccc1C3=O. The number of carbonyl (C=O) groups excluding carboxylic acids is 3. The minimum Gasteiger partial charge on any atom is -0.507 e. The number of aliphatic hydroxyl groups is 2. The number of ether oxygens (including phenoxy) is 2. The molecule has 0 aromatic heterocycles. The molecule has 0 amide bonds. The van der Waals surface area contributed by atoms with Gasteiger partial charge in [0.15, 0.2) is 17.9 Å². The fraction of sp³-hybridized carbons (Fsp3) is 0.360. The van der Waals surface area contributed by atoms with Crippen LogP contribution in [0.5, 0.6) is 11.5 Å². The molecule has 183 valence electrons. The number of hydrogen-bond donors (Lipinski definition) is 5. The van der Waals surface area contributed by atoms with Crippen molar-refractivity contribution in [2.45, 2.75) is 49.9 Å². The van der Waals surface area contributed by atoms with Crippen LogP contribution in [0.25, 0.3) is 0 Å². The highest BCUT2D eigenvalue weighted by Gasteiger charge is 2.48. The molecule has 5 rings (SSSR count). The molecule has 0 bridgehead atoms. The van der Waals surface area contributed by atoms with Crippen LogP contribution in [-0.2, 0) is 14.3 Å². The number of ketones is 3. The van der Waals surface area contributed by atoms with Gasteiger partial charge in [-0.1, -0.05) is 24.3 Å². The molecule has 0 saturated carbocycles. The Balaban J connectivity index is 1.67. The molecule has 1 saturated heterocycles. The molecule has 35 heavy (non-hydrogen) atoms. The summed E-state index contributed by atoms with van der Waals surface area (Å²) in [6.07, 6.45) is -3.40. The summed E-state index contributed by atoms with van der Waals surface area (Å²) < 4.78 is 11.4. The first kappa shape index (κ1) is 23.6. The monoisotopic (exact) mass is 482 g/mol. The van der Waals surface area contributed by atoms with E-state index in [2.05, 4.69) is 0 Å². The van der Waals surface area contributed by atoms with Gasteiger partial charge in [0, 0.05) is 41.5 Å². The van der Waals surface area contributed by atoms with Crippen molar-refractivity contribution in [1.29, 1.82) is 0 Å². The second-order valence-electron chi connectivity index (χ2n) is 9.18. The molecule has 2 aromatic rings. The quantitative estimate of drug-likeness (QED) is 0.333. The first-order chi connectivity index (χ1) is 16.5. The smallest absolute Gasteiger partial charge is 0.198 e. The topological polar surface area (TPSA) is 177 Å². The third kappa shape index (κ3) is 3.57. The number of aromatic hydroxyl groups is 2. The molecule has 5 atom stereocenters. The van der Waals surface area contributed by atoms with E-state index in [4.69, 9.17) is 15.2 Å². The number of fused-ring (bicyclic) bond motifs is 3. The predicted octanol–water partition coefficient (Wildman–Crippen LogP) is 0.642. The van der Waals surface area contributed by atoms with E-state index in [9.17, 15) is 34.8 Å². The number of benzene rings is 2. The highest BCUT2D eigenvalue weighted by atomic mass is 16.7. The van der Waals surface area contributed by atoms with Gasteiger partial charge in [-0.15, -0.1) is 0 Å². The maximum Gasteiger partial charge on any atom is 0.198 e. The van der Waals surface area contributed by atoms with E-state index >= 15 is 0 Å². The van der Waals surface area contributed by atoms with Crippen LogP contribution in [0, 0.1) is 6.42 Å². The number of Topliss-reactive ketones (excluding diaryl/α,β-unsaturated/α-hetero) is 1. The van der Waals surface area contributed by atoms with E-state index < -0.39 is 59.0 Å². The Morgan fingerprint density at radius 2 is 1.66 bits per heavy atom. The van der Waals surface area contributed by atoms with Crippen molar-refractivity contribution in [3.63, 3.8) is 0 Å². The lowest BCUT2D eigenvalue weighted by atomic mass is 9.71. The van der Waals surface area contributed by atoms with E-state index in [1.165, 1.54) is 25.5 Å². The normalized spacial score (nSPS) is 29.8. The molecule has 10 heteroatoms. The summed E-state index contributed by atoms with van der Waals surface area (Å²) in [5.74, 6) is -2.91. The zero-order valence-corrected chi connectivity index (χ0v) is 18.7. The van der Waals surface area contributed by atoms with Crippen LogP contribution in [0.2, 0.25) is 0 Å². The fourth-order valence-electron chi connectivity index (χ4n) is 4.93. The summed E-state index contributed by atoms with van der Waals surface area (Å²) >= 11 is 0. The van der Waals surface area contributed by atoms with Crippen LogP contribution in [0.4, 0.5) is 0 Å². The van der Waals surface area contributed by atoms with Gasteiger partial charge in [0.2, 0.25) is 0 Å². The summed E-state index contributed by atoms with van der Waals surface area (Å²) in [6, 6.07) is 6.07. The number of nitrogens with two attached hydrogens (primary N) is 1. The molecule has 1 radical (unpaired) electrons. The average molecular weight is 482 g/mol. The molecule has 0 spiro atoms. The Bertz CT molecular complexity index is 1270. The second-order valence-corrected chi connectivity index (χ2v) is 9.18. The molecule has 2 aliphatic carbocycles. The number of rotatable bonds is 3. The minimum atomic E-state index is -1.62. The first-order valence-corrected chi connectivity index (χ1v) is 11.1. The van der Waals surface area contributed by atoms with Crippen molar-refractivity contribution in [1.82, 2.24) is 0 Å². The second kappa shape index (κ2) is 8.21. The van der Waals surface area contributed by atoms with Crippen molar-refractivity contribution < 1.29 is 44.3 Å². The zero-order valence-electron chi connectivity index (χ0n) is 18.7. The number of phenolic OH excluding ortho intramolecular Hbond substituents is 2. The first-order valence-electron chi connectivity index (χ1n) is 11.1. The highest BCUT2D eigenvalue weighted by Crippen LogP contribution is 2.52. The van der Waals surface area contributed by atoms with Crippen molar-refractivity contribution in [3.8, 4) is 11.5 Å². The van der Waals surface area contributed by atoms with Gasteiger partial charge in [0.25, 0.3) is 0 Å². The fourth-order valence-corrected chi connectivity index (χ4v) is 4.93. The Hall–Kier alpha value is -3.15. The van der Waals surface area contributed by atoms with Gasteiger partial charge in [-0.3, -0.25) is 14.4 Å². The van der Waals surface area contributed by atoms with Crippen molar-refractivity contribution in [2.75, 3.05) is 6.61 Å². The highest BCUT2D eigenvalue weighted by molar-refractivity contribution is 6.30. The van der Waals surface area contributed by atoms with Gasteiger partial charge >= 0.3 is 0 Å². The summed E-state index contributed by atoms with van der Waals surface area (Å²) in [5.41, 5.74) is 4.03. The third-order valence-electron chi connectivity index (χ3n) is 6.94. The van der Waals surface area contributed by atoms with E-state index in [0.29, 0.717) is 0 Å². The average Bonchev–Trinajstić information content (AvgIpc) is 2.82. The maximum absolute atomic E-state index is 13.3. The van der Waals surface area contributed by atoms with Crippen LogP contribution in [-0.4, -0.2) is 68.4 Å². The summed E-state index contributed by atoms with van der Waals surface area (Å²) in [5, 5.41) is 42.2. The zero-order chi connectivity index (χ0) is 25.2. The molecule has 1 unspecified atom stereocenters. The maximum atomic E-state index is 13.3. The van der Waals surface area contributed by atoms with E-state index in [0.717, 1.165) is 0 Å². The van der Waals surface area contributed by atoms with Gasteiger partial charge in [-0.2, -0.15) is 0 Å². The number of hydrogen-bond acceptors (Lipinski definition) is 10. The lowest BCUT2D eigenvalue weighted by Crippen LogP contribution is -2.52. The van der Waals surface area contributed by atoms with Crippen molar-refractivity contribution in [2.24, 2.45) is 5.73 Å². The van der Waals surface area contributed by atoms with Crippen LogP contribution in [0.3, 0.4) is 0 Å². The summed E-state index contributed by atoms with van der Waals surface area (Å²) in [7, 11) is 0. The largest absolute Gasteiger partial charge is 0.507 e. The van der Waals surface area contributed by atoms with Crippen LogP contribution >= 0.6 is 0 Å². The Morgan fingerprint density at radius 3 is 2.23 bits per heavy atom. The Kier molecular flexibility index (Phi) is 5.53. The molecule has 1 fully saturated rings. The molecule has 1 heterocycles. The van der Waals surface area contributed by atoms with E-state index in [-0.39, 0.29) is 52.8 Å². The Labute approximate surface area is 199 Å². The van der Waals surface area contributed by atoms with Crippen LogP contribution in [0.1, 0.15) is 68.8 Å². The molecule has 1 aliphatic heterocycles.